The Morgan fingerprint density at radius 1 is 0.913 bits per heavy atom. The summed E-state index contributed by atoms with van der Waals surface area (Å²) < 4.78 is 0. The monoisotopic (exact) mass is 307 g/mol. The fraction of sp³-hybridized carbons (Fsp3) is 0.158. The van der Waals surface area contributed by atoms with Gasteiger partial charge in [-0.1, -0.05) is 54.6 Å². The van der Waals surface area contributed by atoms with Crippen molar-refractivity contribution >= 4 is 11.8 Å². The number of amides is 2. The van der Waals surface area contributed by atoms with Gasteiger partial charge in [0.25, 0.3) is 11.8 Å². The number of carbonyl (C=O) groups excluding carboxylic acids is 2. The summed E-state index contributed by atoms with van der Waals surface area (Å²) in [5.41, 5.74) is 1.42. The Kier molecular flexibility index (Phi) is 4.08. The SMILES string of the molecule is C/C=C/[C@@H](C(O)c1ccccc1)N1C(=O)c2ccccc2C1=O. The zero-order chi connectivity index (χ0) is 16.4. The number of hydrogen-bond acceptors (Lipinski definition) is 3. The highest BCUT2D eigenvalue weighted by molar-refractivity contribution is 6.21. The van der Waals surface area contributed by atoms with Crippen LogP contribution in [0, 0.1) is 0 Å². The van der Waals surface area contributed by atoms with Gasteiger partial charge >= 0.3 is 0 Å². The highest BCUT2D eigenvalue weighted by Crippen LogP contribution is 2.30. The Balaban J connectivity index is 2.00. The van der Waals surface area contributed by atoms with Crippen LogP contribution in [-0.4, -0.2) is 27.9 Å². The largest absolute Gasteiger partial charge is 0.386 e. The molecule has 0 spiro atoms. The summed E-state index contributed by atoms with van der Waals surface area (Å²) in [6, 6.07) is 15.0. The van der Waals surface area contributed by atoms with Gasteiger partial charge < -0.3 is 5.11 Å². The van der Waals surface area contributed by atoms with Crippen LogP contribution in [0.25, 0.3) is 0 Å². The van der Waals surface area contributed by atoms with E-state index in [-0.39, 0.29) is 11.8 Å². The van der Waals surface area contributed by atoms with Crippen molar-refractivity contribution in [1.82, 2.24) is 4.90 Å². The van der Waals surface area contributed by atoms with Gasteiger partial charge in [0.1, 0.15) is 6.10 Å². The van der Waals surface area contributed by atoms with E-state index in [1.165, 1.54) is 0 Å². The van der Waals surface area contributed by atoms with Crippen molar-refractivity contribution in [2.24, 2.45) is 0 Å². The summed E-state index contributed by atoms with van der Waals surface area (Å²) in [5, 5.41) is 10.7. The number of rotatable bonds is 4. The maximum Gasteiger partial charge on any atom is 0.262 e. The van der Waals surface area contributed by atoms with Crippen LogP contribution in [0.4, 0.5) is 0 Å². The first kappa shape index (κ1) is 15.2. The smallest absolute Gasteiger partial charge is 0.262 e. The number of benzene rings is 2. The molecule has 23 heavy (non-hydrogen) atoms. The molecular weight excluding hydrogens is 290 g/mol. The molecule has 1 N–H and O–H groups in total. The first-order chi connectivity index (χ1) is 11.1. The Hall–Kier alpha value is -2.72. The van der Waals surface area contributed by atoms with Crippen molar-refractivity contribution < 1.29 is 14.7 Å². The fourth-order valence-corrected chi connectivity index (χ4v) is 2.86. The molecule has 1 heterocycles. The standard InChI is InChI=1S/C19H17NO3/c1-2-8-16(17(21)13-9-4-3-5-10-13)20-18(22)14-11-6-7-12-15(14)19(20)23/h2-12,16-17,21H,1H3/b8-2+/t16-,17?/m0/s1. The van der Waals surface area contributed by atoms with E-state index in [1.807, 2.05) is 18.2 Å². The molecule has 0 aromatic heterocycles. The van der Waals surface area contributed by atoms with Gasteiger partial charge in [-0.25, -0.2) is 0 Å². The van der Waals surface area contributed by atoms with Crippen molar-refractivity contribution in [2.75, 3.05) is 0 Å². The minimum absolute atomic E-state index is 0.372. The maximum atomic E-state index is 12.6. The zero-order valence-corrected chi connectivity index (χ0v) is 12.7. The second-order valence-electron chi connectivity index (χ2n) is 5.40. The molecule has 0 bridgehead atoms. The number of hydrogen-bond donors (Lipinski definition) is 1. The van der Waals surface area contributed by atoms with Gasteiger partial charge in [-0.3, -0.25) is 14.5 Å². The lowest BCUT2D eigenvalue weighted by Crippen LogP contribution is -2.42. The van der Waals surface area contributed by atoms with Crippen molar-refractivity contribution in [3.05, 3.63) is 83.4 Å². The summed E-state index contributed by atoms with van der Waals surface area (Å²) in [7, 11) is 0. The number of carbonyl (C=O) groups is 2. The van der Waals surface area contributed by atoms with Gasteiger partial charge in [0, 0.05) is 0 Å². The van der Waals surface area contributed by atoms with Crippen LogP contribution in [0.2, 0.25) is 0 Å². The molecule has 0 saturated heterocycles. The van der Waals surface area contributed by atoms with Crippen LogP contribution in [0.5, 0.6) is 0 Å². The summed E-state index contributed by atoms with van der Waals surface area (Å²) >= 11 is 0. The van der Waals surface area contributed by atoms with E-state index < -0.39 is 12.1 Å². The average molecular weight is 307 g/mol. The molecule has 0 fully saturated rings. The van der Waals surface area contributed by atoms with Crippen LogP contribution >= 0.6 is 0 Å². The molecule has 0 aliphatic carbocycles. The van der Waals surface area contributed by atoms with Gasteiger partial charge in [-0.2, -0.15) is 0 Å². The lowest BCUT2D eigenvalue weighted by Gasteiger charge is -2.28. The third kappa shape index (κ3) is 2.58. The van der Waals surface area contributed by atoms with E-state index in [1.54, 1.807) is 55.5 Å². The third-order valence-electron chi connectivity index (χ3n) is 3.98. The number of imide groups is 1. The minimum Gasteiger partial charge on any atom is -0.386 e. The van der Waals surface area contributed by atoms with Crippen LogP contribution in [0.15, 0.2) is 66.7 Å². The molecule has 1 aliphatic heterocycles. The third-order valence-corrected chi connectivity index (χ3v) is 3.98. The van der Waals surface area contributed by atoms with E-state index in [0.29, 0.717) is 16.7 Å². The van der Waals surface area contributed by atoms with E-state index in [4.69, 9.17) is 0 Å². The molecule has 1 aliphatic rings. The summed E-state index contributed by atoms with van der Waals surface area (Å²) in [4.78, 5) is 26.4. The molecule has 1 unspecified atom stereocenters. The van der Waals surface area contributed by atoms with E-state index in [2.05, 4.69) is 0 Å². The van der Waals surface area contributed by atoms with Crippen LogP contribution < -0.4 is 0 Å². The van der Waals surface area contributed by atoms with Gasteiger partial charge in [0.05, 0.1) is 17.2 Å². The zero-order valence-electron chi connectivity index (χ0n) is 12.7. The number of aliphatic hydroxyl groups is 1. The maximum absolute atomic E-state index is 12.6. The predicted molar refractivity (Wildman–Crippen MR) is 86.9 cm³/mol. The predicted octanol–water partition coefficient (Wildman–Crippen LogP) is 2.96. The number of fused-ring (bicyclic) bond motifs is 1. The second-order valence-corrected chi connectivity index (χ2v) is 5.40. The molecule has 2 amide bonds. The quantitative estimate of drug-likeness (QED) is 0.698. The Morgan fingerprint density at radius 3 is 1.96 bits per heavy atom. The van der Waals surface area contributed by atoms with Gasteiger partial charge in [-0.15, -0.1) is 0 Å². The summed E-state index contributed by atoms with van der Waals surface area (Å²) in [6.45, 7) is 1.79. The molecule has 4 nitrogen and oxygen atoms in total. The Morgan fingerprint density at radius 2 is 1.43 bits per heavy atom. The highest BCUT2D eigenvalue weighted by atomic mass is 16.3. The first-order valence-electron chi connectivity index (χ1n) is 7.48. The average Bonchev–Trinajstić information content (AvgIpc) is 2.85. The van der Waals surface area contributed by atoms with E-state index >= 15 is 0 Å². The second kappa shape index (κ2) is 6.18. The molecule has 2 aromatic rings. The Bertz CT molecular complexity index is 732. The molecule has 3 rings (SSSR count). The number of aliphatic hydroxyl groups excluding tert-OH is 1. The first-order valence-corrected chi connectivity index (χ1v) is 7.48. The highest BCUT2D eigenvalue weighted by Gasteiger charge is 2.41. The fourth-order valence-electron chi connectivity index (χ4n) is 2.86. The van der Waals surface area contributed by atoms with Crippen molar-refractivity contribution in [1.29, 1.82) is 0 Å². The summed E-state index contributed by atoms with van der Waals surface area (Å²) in [5.74, 6) is -0.743. The molecule has 2 aromatic carbocycles. The van der Waals surface area contributed by atoms with Crippen molar-refractivity contribution in [3.8, 4) is 0 Å². The molecular formula is C19H17NO3. The summed E-state index contributed by atoms with van der Waals surface area (Å²) in [6.07, 6.45) is 2.44. The lowest BCUT2D eigenvalue weighted by molar-refractivity contribution is 0.0429. The molecule has 0 radical (unpaired) electrons. The van der Waals surface area contributed by atoms with Crippen LogP contribution in [0.3, 0.4) is 0 Å². The minimum atomic E-state index is -0.977. The topological polar surface area (TPSA) is 57.6 Å². The Labute approximate surface area is 134 Å². The van der Waals surface area contributed by atoms with Crippen molar-refractivity contribution in [2.45, 2.75) is 19.1 Å². The van der Waals surface area contributed by atoms with Gasteiger partial charge in [0.2, 0.25) is 0 Å². The number of allylic oxidation sites excluding steroid dienone is 1. The molecule has 2 atom stereocenters. The molecule has 116 valence electrons. The van der Waals surface area contributed by atoms with E-state index in [0.717, 1.165) is 4.90 Å². The van der Waals surface area contributed by atoms with Gasteiger partial charge in [-0.05, 0) is 24.6 Å². The lowest BCUT2D eigenvalue weighted by atomic mass is 10.0. The normalized spacial score (nSPS) is 16.7. The molecule has 0 saturated carbocycles. The van der Waals surface area contributed by atoms with Crippen molar-refractivity contribution in [3.63, 3.8) is 0 Å². The van der Waals surface area contributed by atoms with E-state index in [9.17, 15) is 14.7 Å². The molecule has 4 heteroatoms. The van der Waals surface area contributed by atoms with Crippen LogP contribution in [-0.2, 0) is 0 Å². The van der Waals surface area contributed by atoms with Gasteiger partial charge in [0.15, 0.2) is 0 Å². The number of nitrogens with zero attached hydrogens (tertiary/aromatic N) is 1. The van der Waals surface area contributed by atoms with Crippen LogP contribution in [0.1, 0.15) is 39.3 Å².